The number of aryl methyl sites for hydroxylation is 1. The van der Waals surface area contributed by atoms with E-state index in [1.165, 1.54) is 4.90 Å². The smallest absolute Gasteiger partial charge is 0.266 e. The van der Waals surface area contributed by atoms with Gasteiger partial charge in [0.25, 0.3) is 17.7 Å². The number of amides is 3. The number of likely N-dealkylation sites (tertiary alicyclic amines) is 1. The number of fused-ring (bicyclic) bond motifs is 1. The maximum Gasteiger partial charge on any atom is 0.266 e. The predicted molar refractivity (Wildman–Crippen MR) is 103 cm³/mol. The minimum absolute atomic E-state index is 0.0612. The summed E-state index contributed by atoms with van der Waals surface area (Å²) in [5, 5.41) is 0. The monoisotopic (exact) mass is 362 g/mol. The molecule has 2 aromatic rings. The van der Waals surface area contributed by atoms with Crippen LogP contribution in [0.5, 0.6) is 0 Å². The third-order valence-electron chi connectivity index (χ3n) is 5.29. The first-order valence-electron chi connectivity index (χ1n) is 9.45. The van der Waals surface area contributed by atoms with E-state index in [2.05, 4.69) is 0 Å². The number of anilines is 1. The fraction of sp³-hybridized carbons (Fsp3) is 0.318. The Morgan fingerprint density at radius 3 is 2.26 bits per heavy atom. The van der Waals surface area contributed by atoms with E-state index in [0.717, 1.165) is 44.3 Å². The summed E-state index contributed by atoms with van der Waals surface area (Å²) in [5.74, 6) is -0.769. The highest BCUT2D eigenvalue weighted by Gasteiger charge is 2.37. The largest absolute Gasteiger partial charge is 0.339 e. The minimum Gasteiger partial charge on any atom is -0.339 e. The highest BCUT2D eigenvalue weighted by molar-refractivity contribution is 6.34. The average Bonchev–Trinajstić information content (AvgIpc) is 2.86. The number of carbonyl (C=O) groups is 3. The molecule has 2 aliphatic heterocycles. The van der Waals surface area contributed by atoms with Crippen LogP contribution in [0, 0.1) is 6.92 Å². The molecule has 0 spiro atoms. The van der Waals surface area contributed by atoms with Gasteiger partial charge in [-0.1, -0.05) is 25.0 Å². The zero-order valence-electron chi connectivity index (χ0n) is 15.4. The van der Waals surface area contributed by atoms with Gasteiger partial charge in [-0.05, 0) is 55.7 Å². The van der Waals surface area contributed by atoms with Crippen LogP contribution in [0.15, 0.2) is 42.5 Å². The molecule has 2 aromatic carbocycles. The molecule has 5 heteroatoms. The van der Waals surface area contributed by atoms with Crippen molar-refractivity contribution in [2.45, 2.75) is 32.6 Å². The summed E-state index contributed by atoms with van der Waals surface area (Å²) >= 11 is 0. The minimum atomic E-state index is -0.369. The number of nitrogens with zero attached hydrogens (tertiary/aromatic N) is 2. The van der Waals surface area contributed by atoms with E-state index in [9.17, 15) is 14.4 Å². The Kier molecular flexibility index (Phi) is 4.52. The fourth-order valence-electron chi connectivity index (χ4n) is 3.83. The highest BCUT2D eigenvalue weighted by Crippen LogP contribution is 2.30. The molecule has 0 aliphatic carbocycles. The van der Waals surface area contributed by atoms with Crippen molar-refractivity contribution >= 4 is 23.4 Å². The summed E-state index contributed by atoms with van der Waals surface area (Å²) in [6.45, 7) is 3.41. The molecule has 2 aliphatic rings. The Hall–Kier alpha value is -2.95. The van der Waals surface area contributed by atoms with Crippen LogP contribution in [-0.4, -0.2) is 35.7 Å². The van der Waals surface area contributed by atoms with E-state index in [0.29, 0.717) is 22.4 Å². The number of hydrogen-bond acceptors (Lipinski definition) is 3. The summed E-state index contributed by atoms with van der Waals surface area (Å²) < 4.78 is 0. The molecule has 0 unspecified atom stereocenters. The molecule has 0 saturated carbocycles. The first-order chi connectivity index (χ1) is 13.1. The van der Waals surface area contributed by atoms with Gasteiger partial charge in [0.1, 0.15) is 0 Å². The molecule has 5 nitrogen and oxygen atoms in total. The van der Waals surface area contributed by atoms with Crippen molar-refractivity contribution in [3.63, 3.8) is 0 Å². The van der Waals surface area contributed by atoms with E-state index >= 15 is 0 Å². The number of hydrogen-bond donors (Lipinski definition) is 0. The molecular weight excluding hydrogens is 340 g/mol. The first-order valence-corrected chi connectivity index (χ1v) is 9.45. The SMILES string of the molecule is Cc1cccc(N2C(=O)c3ccc(C(=O)N4CCCCCC4)cc3C2=O)c1. The fourth-order valence-corrected chi connectivity index (χ4v) is 3.83. The standard InChI is InChI=1S/C22H22N2O3/c1-15-7-6-8-17(13-15)24-21(26)18-10-9-16(14-19(18)22(24)27)20(25)23-11-4-2-3-5-12-23/h6-10,13-14H,2-5,11-12H2,1H3. The maximum absolute atomic E-state index is 12.9. The highest BCUT2D eigenvalue weighted by atomic mass is 16.2. The Morgan fingerprint density at radius 2 is 1.56 bits per heavy atom. The van der Waals surface area contributed by atoms with Crippen LogP contribution in [0.3, 0.4) is 0 Å². The second-order valence-corrected chi connectivity index (χ2v) is 7.25. The third-order valence-corrected chi connectivity index (χ3v) is 5.29. The van der Waals surface area contributed by atoms with Crippen molar-refractivity contribution < 1.29 is 14.4 Å². The number of benzene rings is 2. The van der Waals surface area contributed by atoms with Crippen molar-refractivity contribution in [2.75, 3.05) is 18.0 Å². The van der Waals surface area contributed by atoms with E-state index in [4.69, 9.17) is 0 Å². The lowest BCUT2D eigenvalue weighted by atomic mass is 10.0. The quantitative estimate of drug-likeness (QED) is 0.763. The zero-order valence-corrected chi connectivity index (χ0v) is 15.4. The van der Waals surface area contributed by atoms with Crippen LogP contribution in [0.2, 0.25) is 0 Å². The van der Waals surface area contributed by atoms with Crippen molar-refractivity contribution in [3.05, 3.63) is 64.7 Å². The predicted octanol–water partition coefficient (Wildman–Crippen LogP) is 3.81. The summed E-state index contributed by atoms with van der Waals surface area (Å²) in [6.07, 6.45) is 4.31. The van der Waals surface area contributed by atoms with Gasteiger partial charge in [0.2, 0.25) is 0 Å². The molecule has 1 saturated heterocycles. The molecule has 1 fully saturated rings. The molecule has 4 rings (SSSR count). The lowest BCUT2D eigenvalue weighted by molar-refractivity contribution is 0.0761. The lowest BCUT2D eigenvalue weighted by Crippen LogP contribution is -2.32. The number of rotatable bonds is 2. The van der Waals surface area contributed by atoms with Crippen molar-refractivity contribution in [1.82, 2.24) is 4.90 Å². The van der Waals surface area contributed by atoms with Gasteiger partial charge in [-0.2, -0.15) is 0 Å². The van der Waals surface area contributed by atoms with E-state index in [1.54, 1.807) is 24.3 Å². The molecule has 0 N–H and O–H groups in total. The van der Waals surface area contributed by atoms with E-state index < -0.39 is 0 Å². The van der Waals surface area contributed by atoms with Gasteiger partial charge in [-0.3, -0.25) is 14.4 Å². The molecule has 0 radical (unpaired) electrons. The normalized spacial score (nSPS) is 17.1. The number of imide groups is 1. The number of carbonyl (C=O) groups excluding carboxylic acids is 3. The lowest BCUT2D eigenvalue weighted by Gasteiger charge is -2.20. The summed E-state index contributed by atoms with van der Waals surface area (Å²) in [6, 6.07) is 12.1. The van der Waals surface area contributed by atoms with Crippen LogP contribution < -0.4 is 4.90 Å². The van der Waals surface area contributed by atoms with Crippen molar-refractivity contribution in [2.24, 2.45) is 0 Å². The third kappa shape index (κ3) is 3.14. The topological polar surface area (TPSA) is 57.7 Å². The van der Waals surface area contributed by atoms with Crippen LogP contribution in [0.4, 0.5) is 5.69 Å². The molecular formula is C22H22N2O3. The molecule has 0 atom stereocenters. The second-order valence-electron chi connectivity index (χ2n) is 7.25. The van der Waals surface area contributed by atoms with Gasteiger partial charge in [-0.15, -0.1) is 0 Å². The van der Waals surface area contributed by atoms with Gasteiger partial charge in [-0.25, -0.2) is 4.90 Å². The zero-order chi connectivity index (χ0) is 19.0. The van der Waals surface area contributed by atoms with Crippen LogP contribution in [0.1, 0.15) is 62.3 Å². The van der Waals surface area contributed by atoms with Crippen LogP contribution in [-0.2, 0) is 0 Å². The van der Waals surface area contributed by atoms with Gasteiger partial charge < -0.3 is 4.90 Å². The summed E-state index contributed by atoms with van der Waals surface area (Å²) in [5.41, 5.74) is 2.67. The van der Waals surface area contributed by atoms with Crippen molar-refractivity contribution in [1.29, 1.82) is 0 Å². The summed E-state index contributed by atoms with van der Waals surface area (Å²) in [4.78, 5) is 41.6. The second kappa shape index (κ2) is 6.99. The first kappa shape index (κ1) is 17.5. The Bertz CT molecular complexity index is 927. The van der Waals surface area contributed by atoms with Crippen LogP contribution >= 0.6 is 0 Å². The molecule has 3 amide bonds. The van der Waals surface area contributed by atoms with Gasteiger partial charge in [0.05, 0.1) is 16.8 Å². The van der Waals surface area contributed by atoms with E-state index in [1.807, 2.05) is 30.0 Å². The molecule has 138 valence electrons. The Balaban J connectivity index is 1.65. The molecule has 27 heavy (non-hydrogen) atoms. The van der Waals surface area contributed by atoms with Gasteiger partial charge >= 0.3 is 0 Å². The maximum atomic E-state index is 12.9. The van der Waals surface area contributed by atoms with Crippen LogP contribution in [0.25, 0.3) is 0 Å². The van der Waals surface area contributed by atoms with Gasteiger partial charge in [0.15, 0.2) is 0 Å². The van der Waals surface area contributed by atoms with Gasteiger partial charge in [0, 0.05) is 18.7 Å². The summed E-state index contributed by atoms with van der Waals surface area (Å²) in [7, 11) is 0. The Morgan fingerprint density at radius 1 is 0.852 bits per heavy atom. The molecule has 0 bridgehead atoms. The average molecular weight is 362 g/mol. The van der Waals surface area contributed by atoms with Crippen molar-refractivity contribution in [3.8, 4) is 0 Å². The Labute approximate surface area is 158 Å². The molecule has 2 heterocycles. The molecule has 0 aromatic heterocycles. The van der Waals surface area contributed by atoms with E-state index in [-0.39, 0.29) is 17.7 Å².